The zero-order valence-corrected chi connectivity index (χ0v) is 7.58. The molecule has 4 nitrogen and oxygen atoms in total. The summed E-state index contributed by atoms with van der Waals surface area (Å²) in [5.74, 6) is -0.453. The van der Waals surface area contributed by atoms with Crippen LogP contribution in [-0.2, 0) is 11.8 Å². The van der Waals surface area contributed by atoms with Crippen molar-refractivity contribution in [3.8, 4) is 0 Å². The van der Waals surface area contributed by atoms with Crippen LogP contribution in [0.3, 0.4) is 0 Å². The molecule has 5 heteroatoms. The van der Waals surface area contributed by atoms with Crippen LogP contribution in [0.2, 0.25) is 0 Å². The molecule has 66 valence electrons. The Bertz CT molecular complexity index is 283. The van der Waals surface area contributed by atoms with Gasteiger partial charge in [-0.25, -0.2) is 4.79 Å². The lowest BCUT2D eigenvalue weighted by Gasteiger charge is -2.02. The van der Waals surface area contributed by atoms with E-state index in [-0.39, 0.29) is 0 Å². The lowest BCUT2D eigenvalue weighted by atomic mass is 10.4. The number of alkyl halides is 1. The molecule has 0 spiro atoms. The molecule has 1 aromatic rings. The Labute approximate surface area is 75.1 Å². The van der Waals surface area contributed by atoms with Gasteiger partial charge in [0, 0.05) is 13.2 Å². The summed E-state index contributed by atoms with van der Waals surface area (Å²) in [4.78, 5) is 11.1. The van der Waals surface area contributed by atoms with Crippen LogP contribution in [-0.4, -0.2) is 21.3 Å². The van der Waals surface area contributed by atoms with E-state index >= 15 is 0 Å². The number of aryl methyl sites for hydroxylation is 1. The molecule has 0 saturated carbocycles. The predicted molar refractivity (Wildman–Crippen MR) is 43.9 cm³/mol. The van der Waals surface area contributed by atoms with E-state index in [2.05, 4.69) is 5.10 Å². The minimum atomic E-state index is -0.613. The highest BCUT2D eigenvalue weighted by Crippen LogP contribution is 2.04. The van der Waals surface area contributed by atoms with Crippen molar-refractivity contribution in [2.75, 3.05) is 0 Å². The van der Waals surface area contributed by atoms with Gasteiger partial charge in [0.05, 0.1) is 11.8 Å². The van der Waals surface area contributed by atoms with Gasteiger partial charge in [0.25, 0.3) is 0 Å². The zero-order valence-electron chi connectivity index (χ0n) is 6.82. The maximum absolute atomic E-state index is 11.1. The fraction of sp³-hybridized carbons (Fsp3) is 0.429. The highest BCUT2D eigenvalue weighted by Gasteiger charge is 2.11. The smallest absolute Gasteiger partial charge is 0.342 e. The second kappa shape index (κ2) is 3.58. The van der Waals surface area contributed by atoms with Crippen molar-refractivity contribution >= 4 is 17.6 Å². The molecule has 1 heterocycles. The molecule has 1 rings (SSSR count). The minimum Gasteiger partial charge on any atom is -0.443 e. The van der Waals surface area contributed by atoms with Crippen LogP contribution in [0.5, 0.6) is 0 Å². The fourth-order valence-corrected chi connectivity index (χ4v) is 0.823. The second-order valence-electron chi connectivity index (χ2n) is 2.35. The molecule has 0 aliphatic carbocycles. The molecule has 0 aliphatic heterocycles. The summed E-state index contributed by atoms with van der Waals surface area (Å²) in [5.41, 5.74) is -0.206. The van der Waals surface area contributed by atoms with E-state index in [0.717, 1.165) is 0 Å². The second-order valence-corrected chi connectivity index (χ2v) is 2.97. The maximum atomic E-state index is 11.1. The van der Waals surface area contributed by atoms with Crippen molar-refractivity contribution in [2.45, 2.75) is 12.5 Å². The van der Waals surface area contributed by atoms with Gasteiger partial charge in [-0.1, -0.05) is 11.6 Å². The third kappa shape index (κ3) is 2.23. The van der Waals surface area contributed by atoms with Crippen molar-refractivity contribution in [2.24, 2.45) is 7.05 Å². The first-order valence-electron chi connectivity index (χ1n) is 3.43. The molecule has 0 bridgehead atoms. The Kier molecular flexibility index (Phi) is 2.70. The van der Waals surface area contributed by atoms with Gasteiger partial charge in [-0.05, 0) is 6.92 Å². The molecule has 0 aromatic carbocycles. The van der Waals surface area contributed by atoms with Crippen molar-refractivity contribution in [3.05, 3.63) is 18.0 Å². The molecule has 1 atom stereocenters. The van der Waals surface area contributed by atoms with Gasteiger partial charge in [0.15, 0.2) is 5.56 Å². The number of rotatable bonds is 2. The molecule has 0 aliphatic rings. The van der Waals surface area contributed by atoms with E-state index in [4.69, 9.17) is 16.3 Å². The molecule has 0 saturated heterocycles. The van der Waals surface area contributed by atoms with E-state index in [9.17, 15) is 4.79 Å². The molecule has 0 N–H and O–H groups in total. The first-order valence-corrected chi connectivity index (χ1v) is 3.87. The van der Waals surface area contributed by atoms with E-state index < -0.39 is 11.5 Å². The van der Waals surface area contributed by atoms with Crippen molar-refractivity contribution in [1.82, 2.24) is 9.78 Å². The van der Waals surface area contributed by atoms with Gasteiger partial charge < -0.3 is 4.74 Å². The van der Waals surface area contributed by atoms with Gasteiger partial charge in [-0.15, -0.1) is 0 Å². The average molecular weight is 189 g/mol. The highest BCUT2D eigenvalue weighted by atomic mass is 35.5. The van der Waals surface area contributed by atoms with Crippen molar-refractivity contribution in [1.29, 1.82) is 0 Å². The molecule has 12 heavy (non-hydrogen) atoms. The van der Waals surface area contributed by atoms with E-state index in [1.165, 1.54) is 10.9 Å². The van der Waals surface area contributed by atoms with E-state index in [0.29, 0.717) is 5.56 Å². The number of halogens is 1. The minimum absolute atomic E-state index is 0.407. The molecule has 0 fully saturated rings. The van der Waals surface area contributed by atoms with Crippen LogP contribution in [0.25, 0.3) is 0 Å². The van der Waals surface area contributed by atoms with Crippen LogP contribution >= 0.6 is 11.6 Å². The molecular formula is C7H9ClN2O2. The number of ether oxygens (including phenoxy) is 1. The summed E-state index contributed by atoms with van der Waals surface area (Å²) in [6.45, 7) is 1.58. The summed E-state index contributed by atoms with van der Waals surface area (Å²) >= 11 is 5.46. The largest absolute Gasteiger partial charge is 0.443 e. The SMILES string of the molecule is C[C@H](Cl)OC(=O)c1cnn(C)c1. The van der Waals surface area contributed by atoms with Crippen molar-refractivity contribution < 1.29 is 9.53 Å². The first kappa shape index (κ1) is 9.06. The number of hydrogen-bond acceptors (Lipinski definition) is 3. The average Bonchev–Trinajstić information content (AvgIpc) is 2.34. The van der Waals surface area contributed by atoms with Gasteiger partial charge in [0.1, 0.15) is 0 Å². The van der Waals surface area contributed by atoms with Gasteiger partial charge in [0.2, 0.25) is 0 Å². The van der Waals surface area contributed by atoms with Crippen LogP contribution in [0, 0.1) is 0 Å². The number of nitrogens with zero attached hydrogens (tertiary/aromatic N) is 2. The monoisotopic (exact) mass is 188 g/mol. The number of esters is 1. The Morgan fingerprint density at radius 2 is 2.50 bits per heavy atom. The van der Waals surface area contributed by atoms with Crippen molar-refractivity contribution in [3.63, 3.8) is 0 Å². The zero-order chi connectivity index (χ0) is 9.14. The fourth-order valence-electron chi connectivity index (χ4n) is 0.742. The highest BCUT2D eigenvalue weighted by molar-refractivity contribution is 6.20. The predicted octanol–water partition coefficient (Wildman–Crippen LogP) is 1.16. The maximum Gasteiger partial charge on any atom is 0.342 e. The summed E-state index contributed by atoms with van der Waals surface area (Å²) in [6, 6.07) is 0. The third-order valence-corrected chi connectivity index (χ3v) is 1.30. The lowest BCUT2D eigenvalue weighted by molar-refractivity contribution is 0.0472. The molecule has 0 amide bonds. The van der Waals surface area contributed by atoms with Crippen LogP contribution < -0.4 is 0 Å². The molecule has 0 radical (unpaired) electrons. The summed E-state index contributed by atoms with van der Waals surface area (Å²) < 4.78 is 6.25. The third-order valence-electron chi connectivity index (χ3n) is 1.21. The topological polar surface area (TPSA) is 44.1 Å². The molecule has 0 unspecified atom stereocenters. The Morgan fingerprint density at radius 3 is 2.92 bits per heavy atom. The van der Waals surface area contributed by atoms with E-state index in [1.807, 2.05) is 0 Å². The standard InChI is InChI=1S/C7H9ClN2O2/c1-5(8)12-7(11)6-3-9-10(2)4-6/h3-5H,1-2H3/t5-/m1/s1. The Hall–Kier alpha value is -1.03. The van der Waals surface area contributed by atoms with Crippen LogP contribution in [0.1, 0.15) is 17.3 Å². The number of hydrogen-bond donors (Lipinski definition) is 0. The molecular weight excluding hydrogens is 180 g/mol. The van der Waals surface area contributed by atoms with E-state index in [1.54, 1.807) is 20.2 Å². The van der Waals surface area contributed by atoms with Crippen LogP contribution in [0.15, 0.2) is 12.4 Å². The summed E-state index contributed by atoms with van der Waals surface area (Å²) in [5, 5.41) is 3.82. The number of aromatic nitrogens is 2. The molecule has 1 aromatic heterocycles. The lowest BCUT2D eigenvalue weighted by Crippen LogP contribution is -2.08. The summed E-state index contributed by atoms with van der Waals surface area (Å²) in [6.07, 6.45) is 3.00. The quantitative estimate of drug-likeness (QED) is 0.517. The van der Waals surface area contributed by atoms with Gasteiger partial charge >= 0.3 is 5.97 Å². The number of carbonyl (C=O) groups excluding carboxylic acids is 1. The normalized spacial score (nSPS) is 12.6. The Morgan fingerprint density at radius 1 is 1.83 bits per heavy atom. The van der Waals surface area contributed by atoms with Crippen LogP contribution in [0.4, 0.5) is 0 Å². The van der Waals surface area contributed by atoms with Gasteiger partial charge in [-0.3, -0.25) is 4.68 Å². The Balaban J connectivity index is 2.65. The number of carbonyl (C=O) groups is 1. The summed E-state index contributed by atoms with van der Waals surface area (Å²) in [7, 11) is 1.72. The first-order chi connectivity index (χ1) is 5.59. The van der Waals surface area contributed by atoms with Gasteiger partial charge in [-0.2, -0.15) is 5.10 Å².